The number of carboxylic acid groups (broad SMARTS) is 1. The van der Waals surface area contributed by atoms with Crippen molar-refractivity contribution < 1.29 is 24.1 Å². The first-order chi connectivity index (χ1) is 17.4. The number of benzene rings is 3. The highest BCUT2D eigenvalue weighted by Gasteiger charge is 2.27. The van der Waals surface area contributed by atoms with Crippen LogP contribution in [0.4, 0.5) is 10.5 Å². The molecule has 1 unspecified atom stereocenters. The Kier molecular flexibility index (Phi) is 7.29. The first-order valence-electron chi connectivity index (χ1n) is 11.8. The van der Waals surface area contributed by atoms with Gasteiger partial charge in [0.1, 0.15) is 11.5 Å². The van der Waals surface area contributed by atoms with E-state index in [1.807, 2.05) is 69.3 Å². The third kappa shape index (κ3) is 4.64. The predicted molar refractivity (Wildman–Crippen MR) is 141 cm³/mol. The molecule has 0 bridgehead atoms. The smallest absolute Gasteiger partial charge is 0.412 e. The predicted octanol–water partition coefficient (Wildman–Crippen LogP) is 7.30. The maximum Gasteiger partial charge on any atom is 0.412 e. The molecule has 7 heteroatoms. The van der Waals surface area contributed by atoms with Gasteiger partial charge >= 0.3 is 6.09 Å². The van der Waals surface area contributed by atoms with Crippen LogP contribution in [0.5, 0.6) is 23.0 Å². The van der Waals surface area contributed by atoms with E-state index in [2.05, 4.69) is 4.98 Å². The van der Waals surface area contributed by atoms with Crippen molar-refractivity contribution in [1.29, 1.82) is 0 Å². The van der Waals surface area contributed by atoms with Crippen LogP contribution in [0.25, 0.3) is 10.9 Å². The molecule has 1 N–H and O–H groups in total. The molecule has 0 aliphatic heterocycles. The van der Waals surface area contributed by atoms with Crippen LogP contribution in [0, 0.1) is 13.8 Å². The van der Waals surface area contributed by atoms with Crippen molar-refractivity contribution in [2.75, 3.05) is 19.1 Å². The van der Waals surface area contributed by atoms with E-state index in [1.165, 1.54) is 4.90 Å². The van der Waals surface area contributed by atoms with Gasteiger partial charge in [0.05, 0.1) is 31.5 Å². The molecule has 0 fully saturated rings. The van der Waals surface area contributed by atoms with Crippen molar-refractivity contribution in [3.05, 3.63) is 83.6 Å². The van der Waals surface area contributed by atoms with Crippen molar-refractivity contribution >= 4 is 22.7 Å². The van der Waals surface area contributed by atoms with Gasteiger partial charge in [0, 0.05) is 17.6 Å². The minimum atomic E-state index is -0.997. The van der Waals surface area contributed by atoms with Crippen molar-refractivity contribution in [2.24, 2.45) is 0 Å². The molecule has 4 rings (SSSR count). The number of hydrogen-bond acceptors (Lipinski definition) is 5. The normalized spacial score (nSPS) is 11.7. The minimum Gasteiger partial charge on any atom is -0.493 e. The second-order valence-corrected chi connectivity index (χ2v) is 8.46. The number of rotatable bonds is 8. The van der Waals surface area contributed by atoms with E-state index in [1.54, 1.807) is 32.5 Å². The van der Waals surface area contributed by atoms with Crippen LogP contribution in [0.3, 0.4) is 0 Å². The van der Waals surface area contributed by atoms with E-state index in [-0.39, 0.29) is 6.04 Å². The lowest BCUT2D eigenvalue weighted by Gasteiger charge is -2.31. The Morgan fingerprint density at radius 3 is 2.25 bits per heavy atom. The van der Waals surface area contributed by atoms with Crippen molar-refractivity contribution in [3.63, 3.8) is 0 Å². The molecule has 1 heterocycles. The molecule has 1 atom stereocenters. The maximum absolute atomic E-state index is 12.4. The number of pyridine rings is 1. The molecule has 0 aliphatic rings. The summed E-state index contributed by atoms with van der Waals surface area (Å²) in [6, 6.07) is 18.5. The highest BCUT2D eigenvalue weighted by atomic mass is 16.5. The second-order valence-electron chi connectivity index (χ2n) is 8.46. The molecular weight excluding hydrogens is 456 g/mol. The fourth-order valence-corrected chi connectivity index (χ4v) is 4.45. The number of anilines is 1. The zero-order valence-corrected chi connectivity index (χ0v) is 21.1. The third-order valence-corrected chi connectivity index (χ3v) is 6.48. The number of nitrogens with zero attached hydrogens (tertiary/aromatic N) is 2. The van der Waals surface area contributed by atoms with Gasteiger partial charge in [-0.3, -0.25) is 9.88 Å². The van der Waals surface area contributed by atoms with Crippen LogP contribution >= 0.6 is 0 Å². The molecule has 7 nitrogen and oxygen atoms in total. The highest BCUT2D eigenvalue weighted by Crippen LogP contribution is 2.40. The van der Waals surface area contributed by atoms with Gasteiger partial charge in [-0.15, -0.1) is 0 Å². The number of fused-ring (bicyclic) bond motifs is 1. The second kappa shape index (κ2) is 10.6. The molecule has 1 amide bonds. The van der Waals surface area contributed by atoms with Gasteiger partial charge < -0.3 is 19.3 Å². The number of carbonyl (C=O) groups is 1. The number of ether oxygens (including phenoxy) is 3. The van der Waals surface area contributed by atoms with Crippen LogP contribution in [0.1, 0.15) is 36.1 Å². The summed E-state index contributed by atoms with van der Waals surface area (Å²) in [4.78, 5) is 18.3. The summed E-state index contributed by atoms with van der Waals surface area (Å²) < 4.78 is 17.2. The van der Waals surface area contributed by atoms with Crippen LogP contribution < -0.4 is 19.1 Å². The average Bonchev–Trinajstić information content (AvgIpc) is 2.90. The number of hydrogen-bond donors (Lipinski definition) is 1. The molecular formula is C29H30N2O5. The topological polar surface area (TPSA) is 81.1 Å². The lowest BCUT2D eigenvalue weighted by atomic mass is 9.99. The van der Waals surface area contributed by atoms with Crippen LogP contribution in [0.15, 0.2) is 66.9 Å². The molecule has 4 aromatic rings. The number of aromatic nitrogens is 1. The molecule has 36 heavy (non-hydrogen) atoms. The van der Waals surface area contributed by atoms with E-state index in [4.69, 9.17) is 14.2 Å². The molecule has 1 aromatic heterocycles. The van der Waals surface area contributed by atoms with Gasteiger partial charge in [-0.25, -0.2) is 4.79 Å². The zero-order valence-electron chi connectivity index (χ0n) is 21.1. The molecule has 0 aliphatic carbocycles. The quantitative estimate of drug-likeness (QED) is 0.281. The van der Waals surface area contributed by atoms with E-state index >= 15 is 0 Å². The maximum atomic E-state index is 12.4. The minimum absolute atomic E-state index is 0.305. The van der Waals surface area contributed by atoms with Crippen LogP contribution in [-0.4, -0.2) is 30.4 Å². The van der Waals surface area contributed by atoms with E-state index in [0.717, 1.165) is 22.1 Å². The van der Waals surface area contributed by atoms with Gasteiger partial charge in [-0.05, 0) is 61.2 Å². The van der Waals surface area contributed by atoms with Gasteiger partial charge in [-0.1, -0.05) is 37.3 Å². The summed E-state index contributed by atoms with van der Waals surface area (Å²) in [7, 11) is 3.17. The highest BCUT2D eigenvalue weighted by molar-refractivity contribution is 5.90. The van der Waals surface area contributed by atoms with Crippen molar-refractivity contribution in [1.82, 2.24) is 4.98 Å². The molecule has 0 saturated heterocycles. The summed E-state index contributed by atoms with van der Waals surface area (Å²) in [5.41, 5.74) is 3.98. The van der Waals surface area contributed by atoms with Gasteiger partial charge in [0.15, 0.2) is 11.5 Å². The average molecular weight is 487 g/mol. The first-order valence-corrected chi connectivity index (χ1v) is 11.8. The third-order valence-electron chi connectivity index (χ3n) is 6.48. The Morgan fingerprint density at radius 2 is 1.61 bits per heavy atom. The fourth-order valence-electron chi connectivity index (χ4n) is 4.45. The molecule has 0 saturated carbocycles. The summed E-state index contributed by atoms with van der Waals surface area (Å²) in [5, 5.41) is 11.0. The van der Waals surface area contributed by atoms with E-state index in [9.17, 15) is 9.90 Å². The SMILES string of the molecule is CCC(c1ccccc1)N(C(=O)O)c1ccc(Oc2ccnc3cc(OC)c(OC)cc23)c(C)c1C. The fraction of sp³-hybridized carbons (Fsp3) is 0.241. The monoisotopic (exact) mass is 486 g/mol. The number of methoxy groups -OCH3 is 2. The summed E-state index contributed by atoms with van der Waals surface area (Å²) >= 11 is 0. The standard InChI is InChI=1S/C29H30N2O5/c1-6-23(20-10-8-7-9-11-20)31(29(32)33)24-12-13-25(19(3)18(24)2)36-26-14-15-30-22-17-28(35-5)27(34-4)16-21(22)26/h7-17,23H,6H2,1-5H3,(H,32,33). The van der Waals surface area contributed by atoms with Gasteiger partial charge in [0.25, 0.3) is 0 Å². The Bertz CT molecular complexity index is 1390. The largest absolute Gasteiger partial charge is 0.493 e. The Hall–Kier alpha value is -4.26. The first kappa shape index (κ1) is 24.9. The Labute approximate surface area is 210 Å². The lowest BCUT2D eigenvalue weighted by molar-refractivity contribution is 0.198. The van der Waals surface area contributed by atoms with Crippen molar-refractivity contribution in [3.8, 4) is 23.0 Å². The lowest BCUT2D eigenvalue weighted by Crippen LogP contribution is -2.34. The molecule has 0 spiro atoms. The molecule has 0 radical (unpaired) electrons. The Balaban J connectivity index is 1.74. The zero-order chi connectivity index (χ0) is 25.8. The number of amides is 1. The molecule has 186 valence electrons. The van der Waals surface area contributed by atoms with Crippen LogP contribution in [0.2, 0.25) is 0 Å². The van der Waals surface area contributed by atoms with Gasteiger partial charge in [-0.2, -0.15) is 0 Å². The van der Waals surface area contributed by atoms with E-state index in [0.29, 0.717) is 40.6 Å². The summed E-state index contributed by atoms with van der Waals surface area (Å²) in [6.07, 6.45) is 1.32. The Morgan fingerprint density at radius 1 is 0.917 bits per heavy atom. The van der Waals surface area contributed by atoms with Crippen LogP contribution in [-0.2, 0) is 0 Å². The van der Waals surface area contributed by atoms with Gasteiger partial charge in [0.2, 0.25) is 0 Å². The summed E-state index contributed by atoms with van der Waals surface area (Å²) in [5.74, 6) is 2.41. The van der Waals surface area contributed by atoms with Crippen molar-refractivity contribution in [2.45, 2.75) is 33.2 Å². The molecule has 3 aromatic carbocycles. The summed E-state index contributed by atoms with van der Waals surface area (Å²) in [6.45, 7) is 5.85. The van der Waals surface area contributed by atoms with E-state index < -0.39 is 6.09 Å².